The van der Waals surface area contributed by atoms with E-state index in [9.17, 15) is 4.79 Å². The second-order valence-electron chi connectivity index (χ2n) is 3.24. The maximum atomic E-state index is 10.4. The highest BCUT2D eigenvalue weighted by molar-refractivity contribution is 5.54. The molecule has 10 heavy (non-hydrogen) atoms. The molecule has 2 nitrogen and oxygen atoms in total. The van der Waals surface area contributed by atoms with E-state index in [1.54, 1.807) is 0 Å². The highest BCUT2D eigenvalue weighted by atomic mass is 16.3. The van der Waals surface area contributed by atoms with Gasteiger partial charge in [-0.15, -0.1) is 0 Å². The fraction of sp³-hybridized carbons (Fsp3) is 0.875. The van der Waals surface area contributed by atoms with E-state index in [0.29, 0.717) is 12.3 Å². The molecule has 1 rings (SSSR count). The van der Waals surface area contributed by atoms with Crippen molar-refractivity contribution in [2.45, 2.75) is 32.3 Å². The van der Waals surface area contributed by atoms with E-state index in [0.717, 1.165) is 19.1 Å². The zero-order valence-corrected chi connectivity index (χ0v) is 6.29. The van der Waals surface area contributed by atoms with Crippen LogP contribution in [0.15, 0.2) is 0 Å². The molecule has 0 spiro atoms. The van der Waals surface area contributed by atoms with Gasteiger partial charge in [-0.05, 0) is 25.2 Å². The molecule has 1 saturated carbocycles. The van der Waals surface area contributed by atoms with Crippen LogP contribution in [0.3, 0.4) is 0 Å². The van der Waals surface area contributed by atoms with Crippen LogP contribution in [0.2, 0.25) is 0 Å². The molecule has 0 aromatic rings. The van der Waals surface area contributed by atoms with Crippen molar-refractivity contribution >= 4 is 6.29 Å². The third kappa shape index (κ3) is 1.57. The molecular weight excluding hydrogens is 128 g/mol. The largest absolute Gasteiger partial charge is 0.393 e. The summed E-state index contributed by atoms with van der Waals surface area (Å²) in [5.74, 6) is 0.574. The lowest BCUT2D eigenvalue weighted by Crippen LogP contribution is -2.26. The Bertz CT molecular complexity index is 122. The zero-order chi connectivity index (χ0) is 7.56. The van der Waals surface area contributed by atoms with Crippen LogP contribution in [0.4, 0.5) is 0 Å². The van der Waals surface area contributed by atoms with Gasteiger partial charge in [0.05, 0.1) is 6.10 Å². The Balaban J connectivity index is 2.45. The predicted octanol–water partition coefficient (Wildman–Crippen LogP) is 0.982. The minimum Gasteiger partial charge on any atom is -0.393 e. The number of hydrogen-bond donors (Lipinski definition) is 1. The van der Waals surface area contributed by atoms with Crippen molar-refractivity contribution in [3.05, 3.63) is 0 Å². The molecule has 0 saturated heterocycles. The van der Waals surface area contributed by atoms with Crippen molar-refractivity contribution in [3.8, 4) is 0 Å². The number of carbonyl (C=O) groups is 1. The van der Waals surface area contributed by atoms with Crippen LogP contribution in [-0.2, 0) is 4.79 Å². The lowest BCUT2D eigenvalue weighted by atomic mass is 9.80. The smallest absolute Gasteiger partial charge is 0.123 e. The molecule has 0 heterocycles. The maximum absolute atomic E-state index is 10.4. The van der Waals surface area contributed by atoms with Crippen molar-refractivity contribution in [1.82, 2.24) is 0 Å². The monoisotopic (exact) mass is 142 g/mol. The highest BCUT2D eigenvalue weighted by Gasteiger charge is 2.25. The van der Waals surface area contributed by atoms with Gasteiger partial charge in [-0.3, -0.25) is 0 Å². The summed E-state index contributed by atoms with van der Waals surface area (Å²) in [6.45, 7) is 2.07. The van der Waals surface area contributed by atoms with Crippen molar-refractivity contribution in [1.29, 1.82) is 0 Å². The molecule has 3 atom stereocenters. The van der Waals surface area contributed by atoms with Gasteiger partial charge >= 0.3 is 0 Å². The average Bonchev–Trinajstić information content (AvgIpc) is 1.94. The number of hydrogen-bond acceptors (Lipinski definition) is 2. The van der Waals surface area contributed by atoms with Crippen molar-refractivity contribution < 1.29 is 9.90 Å². The van der Waals surface area contributed by atoms with Crippen molar-refractivity contribution in [2.24, 2.45) is 11.8 Å². The molecule has 3 unspecified atom stereocenters. The van der Waals surface area contributed by atoms with Crippen LogP contribution in [0, 0.1) is 11.8 Å². The van der Waals surface area contributed by atoms with Crippen LogP contribution in [0.5, 0.6) is 0 Å². The van der Waals surface area contributed by atoms with Gasteiger partial charge in [0.15, 0.2) is 0 Å². The molecule has 0 aliphatic heterocycles. The van der Waals surface area contributed by atoms with Crippen LogP contribution < -0.4 is 0 Å². The molecule has 0 radical (unpaired) electrons. The Kier molecular flexibility index (Phi) is 2.44. The number of aliphatic hydroxyl groups excluding tert-OH is 1. The van der Waals surface area contributed by atoms with Crippen molar-refractivity contribution in [3.63, 3.8) is 0 Å². The summed E-state index contributed by atoms with van der Waals surface area (Å²) in [6, 6.07) is 0. The van der Waals surface area contributed by atoms with E-state index < -0.39 is 0 Å². The van der Waals surface area contributed by atoms with Gasteiger partial charge in [0, 0.05) is 5.92 Å². The number of aldehydes is 1. The fourth-order valence-electron chi connectivity index (χ4n) is 1.52. The Morgan fingerprint density at radius 3 is 2.70 bits per heavy atom. The SMILES string of the molecule is CC1CCC(O)CC1C=O. The first-order valence-corrected chi connectivity index (χ1v) is 3.87. The second-order valence-corrected chi connectivity index (χ2v) is 3.24. The summed E-state index contributed by atoms with van der Waals surface area (Å²) < 4.78 is 0. The highest BCUT2D eigenvalue weighted by Crippen LogP contribution is 2.27. The molecule has 0 amide bonds. The van der Waals surface area contributed by atoms with E-state index in [-0.39, 0.29) is 12.0 Å². The minimum atomic E-state index is -0.230. The van der Waals surface area contributed by atoms with E-state index in [1.807, 2.05) is 0 Å². The first-order valence-electron chi connectivity index (χ1n) is 3.87. The van der Waals surface area contributed by atoms with Crippen molar-refractivity contribution in [2.75, 3.05) is 0 Å². The number of carbonyl (C=O) groups excluding carboxylic acids is 1. The van der Waals surface area contributed by atoms with E-state index in [1.165, 1.54) is 0 Å². The average molecular weight is 142 g/mol. The Hall–Kier alpha value is -0.370. The first kappa shape index (κ1) is 7.73. The topological polar surface area (TPSA) is 37.3 Å². The Labute approximate surface area is 61.2 Å². The summed E-state index contributed by atoms with van der Waals surface area (Å²) in [5.41, 5.74) is 0. The van der Waals surface area contributed by atoms with Gasteiger partial charge in [-0.25, -0.2) is 0 Å². The van der Waals surface area contributed by atoms with E-state index in [4.69, 9.17) is 5.11 Å². The van der Waals surface area contributed by atoms with E-state index >= 15 is 0 Å². The molecule has 1 aliphatic rings. The summed E-state index contributed by atoms with van der Waals surface area (Å²) in [5, 5.41) is 9.17. The van der Waals surface area contributed by atoms with Crippen LogP contribution in [0.25, 0.3) is 0 Å². The lowest BCUT2D eigenvalue weighted by Gasteiger charge is -2.27. The fourth-order valence-corrected chi connectivity index (χ4v) is 1.52. The quantitative estimate of drug-likeness (QED) is 0.554. The van der Waals surface area contributed by atoms with Gasteiger partial charge in [0.25, 0.3) is 0 Å². The summed E-state index contributed by atoms with van der Waals surface area (Å²) in [4.78, 5) is 10.4. The van der Waals surface area contributed by atoms with Gasteiger partial charge in [-0.1, -0.05) is 6.92 Å². The summed E-state index contributed by atoms with van der Waals surface area (Å²) >= 11 is 0. The third-order valence-electron chi connectivity index (χ3n) is 2.41. The summed E-state index contributed by atoms with van der Waals surface area (Å²) in [6.07, 6.45) is 3.28. The predicted molar refractivity (Wildman–Crippen MR) is 38.6 cm³/mol. The van der Waals surface area contributed by atoms with Crippen LogP contribution in [0.1, 0.15) is 26.2 Å². The molecule has 0 aromatic heterocycles. The number of aliphatic hydroxyl groups is 1. The zero-order valence-electron chi connectivity index (χ0n) is 6.29. The molecule has 2 heteroatoms. The van der Waals surface area contributed by atoms with Gasteiger partial charge < -0.3 is 9.90 Å². The van der Waals surface area contributed by atoms with E-state index in [2.05, 4.69) is 6.92 Å². The minimum absolute atomic E-state index is 0.101. The van der Waals surface area contributed by atoms with Crippen LogP contribution >= 0.6 is 0 Å². The third-order valence-corrected chi connectivity index (χ3v) is 2.41. The molecule has 1 N–H and O–H groups in total. The van der Waals surface area contributed by atoms with Gasteiger partial charge in [0.1, 0.15) is 6.29 Å². The molecule has 1 fully saturated rings. The normalized spacial score (nSPS) is 41.2. The van der Waals surface area contributed by atoms with Gasteiger partial charge in [0.2, 0.25) is 0 Å². The lowest BCUT2D eigenvalue weighted by molar-refractivity contribution is -0.114. The molecule has 58 valence electrons. The molecule has 0 bridgehead atoms. The first-order chi connectivity index (χ1) is 4.74. The molecular formula is C8H14O2. The summed E-state index contributed by atoms with van der Waals surface area (Å²) in [7, 11) is 0. The molecule has 1 aliphatic carbocycles. The van der Waals surface area contributed by atoms with Gasteiger partial charge in [-0.2, -0.15) is 0 Å². The molecule has 0 aromatic carbocycles. The maximum Gasteiger partial charge on any atom is 0.123 e. The van der Waals surface area contributed by atoms with Crippen LogP contribution in [-0.4, -0.2) is 17.5 Å². The second kappa shape index (κ2) is 3.15. The standard InChI is InChI=1S/C8H14O2/c1-6-2-3-8(10)4-7(6)5-9/h5-8,10H,2-4H2,1H3. The number of rotatable bonds is 1. The Morgan fingerprint density at radius 2 is 2.20 bits per heavy atom. The Morgan fingerprint density at radius 1 is 1.50 bits per heavy atom.